The van der Waals surface area contributed by atoms with Crippen LogP contribution in [-0.4, -0.2) is 63.9 Å². The number of hydrogen-bond donors (Lipinski definition) is 2. The maximum Gasteiger partial charge on any atom is 0.191 e. The van der Waals surface area contributed by atoms with Crippen LogP contribution in [0.2, 0.25) is 0 Å². The summed E-state index contributed by atoms with van der Waals surface area (Å²) in [5.41, 5.74) is 1.26. The molecule has 1 aromatic carbocycles. The lowest BCUT2D eigenvalue weighted by molar-refractivity contribution is 0.152. The molecule has 6 nitrogen and oxygen atoms in total. The molecule has 1 aromatic rings. The highest BCUT2D eigenvalue weighted by molar-refractivity contribution is 14.0. The molecule has 2 rings (SSSR count). The topological polar surface area (TPSA) is 58.1 Å². The molecule has 1 heterocycles. The van der Waals surface area contributed by atoms with Crippen LogP contribution in [0.4, 0.5) is 0 Å². The van der Waals surface area contributed by atoms with Crippen molar-refractivity contribution >= 4 is 29.9 Å². The minimum atomic E-state index is 0. The number of hydrogen-bond acceptors (Lipinski definition) is 4. The van der Waals surface area contributed by atoms with E-state index in [1.807, 2.05) is 13.0 Å². The van der Waals surface area contributed by atoms with Crippen LogP contribution in [0.3, 0.4) is 0 Å². The number of nitrogens with zero attached hydrogens (tertiary/aromatic N) is 2. The van der Waals surface area contributed by atoms with E-state index in [1.165, 1.54) is 18.4 Å². The van der Waals surface area contributed by atoms with E-state index >= 15 is 0 Å². The van der Waals surface area contributed by atoms with E-state index in [2.05, 4.69) is 40.7 Å². The number of methoxy groups -OCH3 is 1. The minimum absolute atomic E-state index is 0. The number of likely N-dealkylation sites (tertiary alicyclic amines) is 1. The van der Waals surface area contributed by atoms with Crippen LogP contribution >= 0.6 is 24.0 Å². The van der Waals surface area contributed by atoms with Crippen LogP contribution in [0.1, 0.15) is 38.3 Å². The van der Waals surface area contributed by atoms with Gasteiger partial charge in [0.1, 0.15) is 5.75 Å². The second-order valence-electron chi connectivity index (χ2n) is 6.38. The standard InChI is InChI=1S/C20H34N4O2.HI/c1-4-21-20(22-11-14-26-5-2)23-16-19(24-12-6-7-13-24)17-9-8-10-18(15-17)25-3;/h8-10,15,19H,4-7,11-14,16H2,1-3H3,(H2,21,22,23);1H. The quantitative estimate of drug-likeness (QED) is 0.229. The van der Waals surface area contributed by atoms with E-state index < -0.39 is 0 Å². The van der Waals surface area contributed by atoms with Gasteiger partial charge < -0.3 is 20.1 Å². The molecule has 0 spiro atoms. The van der Waals surface area contributed by atoms with E-state index in [0.29, 0.717) is 6.61 Å². The van der Waals surface area contributed by atoms with Crippen molar-refractivity contribution in [2.45, 2.75) is 32.7 Å². The molecule has 1 saturated heterocycles. The summed E-state index contributed by atoms with van der Waals surface area (Å²) in [6, 6.07) is 8.64. The third kappa shape index (κ3) is 8.23. The number of benzene rings is 1. The van der Waals surface area contributed by atoms with Gasteiger partial charge >= 0.3 is 0 Å². The Labute approximate surface area is 181 Å². The fraction of sp³-hybridized carbons (Fsp3) is 0.650. The highest BCUT2D eigenvalue weighted by Crippen LogP contribution is 2.27. The first kappa shape index (κ1) is 24.0. The Morgan fingerprint density at radius 3 is 2.67 bits per heavy atom. The first-order valence-electron chi connectivity index (χ1n) is 9.76. The molecular formula is C20H35IN4O2. The van der Waals surface area contributed by atoms with Crippen LogP contribution in [-0.2, 0) is 4.74 Å². The summed E-state index contributed by atoms with van der Waals surface area (Å²) in [4.78, 5) is 7.37. The largest absolute Gasteiger partial charge is 0.497 e. The normalized spacial score (nSPS) is 15.9. The number of guanidine groups is 1. The van der Waals surface area contributed by atoms with Crippen molar-refractivity contribution < 1.29 is 9.47 Å². The fourth-order valence-electron chi connectivity index (χ4n) is 3.24. The van der Waals surface area contributed by atoms with E-state index in [4.69, 9.17) is 14.5 Å². The van der Waals surface area contributed by atoms with Gasteiger partial charge in [0.15, 0.2) is 5.96 Å². The van der Waals surface area contributed by atoms with Gasteiger partial charge in [-0.1, -0.05) is 12.1 Å². The molecule has 1 unspecified atom stereocenters. The van der Waals surface area contributed by atoms with Crippen molar-refractivity contribution in [1.29, 1.82) is 0 Å². The van der Waals surface area contributed by atoms with Gasteiger partial charge in [0, 0.05) is 19.7 Å². The van der Waals surface area contributed by atoms with Crippen molar-refractivity contribution in [2.24, 2.45) is 4.99 Å². The maximum atomic E-state index is 5.41. The van der Waals surface area contributed by atoms with Crippen LogP contribution < -0.4 is 15.4 Å². The second-order valence-corrected chi connectivity index (χ2v) is 6.38. The van der Waals surface area contributed by atoms with Crippen LogP contribution in [0.15, 0.2) is 29.3 Å². The summed E-state index contributed by atoms with van der Waals surface area (Å²) in [6.07, 6.45) is 2.52. The lowest BCUT2D eigenvalue weighted by Crippen LogP contribution is -2.40. The molecule has 0 aromatic heterocycles. The predicted molar refractivity (Wildman–Crippen MR) is 122 cm³/mol. The third-order valence-electron chi connectivity index (χ3n) is 4.57. The second kappa shape index (κ2) is 14.0. The van der Waals surface area contributed by atoms with E-state index in [9.17, 15) is 0 Å². The molecule has 1 aliphatic rings. The highest BCUT2D eigenvalue weighted by Gasteiger charge is 2.23. The summed E-state index contributed by atoms with van der Waals surface area (Å²) in [5.74, 6) is 1.75. The Bertz CT molecular complexity index is 551. The average Bonchev–Trinajstić information content (AvgIpc) is 3.20. The lowest BCUT2D eigenvalue weighted by Gasteiger charge is -2.27. The van der Waals surface area contributed by atoms with Crippen molar-refractivity contribution in [2.75, 3.05) is 53.0 Å². The van der Waals surface area contributed by atoms with Gasteiger partial charge in [-0.05, 0) is 57.5 Å². The molecule has 1 fully saturated rings. The number of aliphatic imine (C=N–C) groups is 1. The molecule has 0 aliphatic carbocycles. The van der Waals surface area contributed by atoms with E-state index in [1.54, 1.807) is 7.11 Å². The first-order chi connectivity index (χ1) is 12.8. The zero-order chi connectivity index (χ0) is 18.6. The van der Waals surface area contributed by atoms with Gasteiger partial charge in [0.2, 0.25) is 0 Å². The first-order valence-corrected chi connectivity index (χ1v) is 9.76. The van der Waals surface area contributed by atoms with Crippen molar-refractivity contribution in [3.05, 3.63) is 29.8 Å². The summed E-state index contributed by atoms with van der Waals surface area (Å²) in [6.45, 7) is 10.1. The molecule has 0 amide bonds. The third-order valence-corrected chi connectivity index (χ3v) is 4.57. The Morgan fingerprint density at radius 1 is 1.22 bits per heavy atom. The minimum Gasteiger partial charge on any atom is -0.497 e. The number of halogens is 1. The highest BCUT2D eigenvalue weighted by atomic mass is 127. The van der Waals surface area contributed by atoms with Crippen LogP contribution in [0.5, 0.6) is 5.75 Å². The molecule has 0 bridgehead atoms. The Balaban J connectivity index is 0.00000364. The molecular weight excluding hydrogens is 455 g/mol. The van der Waals surface area contributed by atoms with Crippen molar-refractivity contribution in [1.82, 2.24) is 15.5 Å². The van der Waals surface area contributed by atoms with Crippen molar-refractivity contribution in [3.8, 4) is 5.75 Å². The molecule has 1 atom stereocenters. The summed E-state index contributed by atoms with van der Waals surface area (Å²) >= 11 is 0. The lowest BCUT2D eigenvalue weighted by atomic mass is 10.1. The fourth-order valence-corrected chi connectivity index (χ4v) is 3.24. The van der Waals surface area contributed by atoms with Crippen molar-refractivity contribution in [3.63, 3.8) is 0 Å². The maximum absolute atomic E-state index is 5.41. The zero-order valence-corrected chi connectivity index (χ0v) is 19.2. The van der Waals surface area contributed by atoms with Crippen LogP contribution in [0.25, 0.3) is 0 Å². The molecule has 27 heavy (non-hydrogen) atoms. The molecule has 7 heteroatoms. The number of ether oxygens (including phenoxy) is 2. The SMILES string of the molecule is CCNC(=NCC(c1cccc(OC)c1)N1CCCC1)NCCOCC.I. The van der Waals surface area contributed by atoms with Gasteiger partial charge in [-0.3, -0.25) is 9.89 Å². The van der Waals surface area contributed by atoms with Gasteiger partial charge in [0.25, 0.3) is 0 Å². The Kier molecular flexibility index (Phi) is 12.4. The molecule has 1 aliphatic heterocycles. The van der Waals surface area contributed by atoms with Gasteiger partial charge in [-0.2, -0.15) is 0 Å². The monoisotopic (exact) mass is 490 g/mol. The zero-order valence-electron chi connectivity index (χ0n) is 16.9. The smallest absolute Gasteiger partial charge is 0.191 e. The summed E-state index contributed by atoms with van der Waals surface area (Å²) < 4.78 is 10.8. The van der Waals surface area contributed by atoms with Gasteiger partial charge in [0.05, 0.1) is 26.3 Å². The molecule has 2 N–H and O–H groups in total. The number of rotatable bonds is 10. The number of nitrogens with one attached hydrogen (secondary N) is 2. The average molecular weight is 490 g/mol. The van der Waals surface area contributed by atoms with Gasteiger partial charge in [-0.15, -0.1) is 24.0 Å². The van der Waals surface area contributed by atoms with Crippen LogP contribution in [0, 0.1) is 0 Å². The molecule has 0 saturated carbocycles. The Morgan fingerprint density at radius 2 is 2.00 bits per heavy atom. The Hall–Kier alpha value is -1.06. The van der Waals surface area contributed by atoms with Gasteiger partial charge in [-0.25, -0.2) is 0 Å². The predicted octanol–water partition coefficient (Wildman–Crippen LogP) is 3.04. The van der Waals surface area contributed by atoms with E-state index in [-0.39, 0.29) is 30.0 Å². The molecule has 154 valence electrons. The molecule has 0 radical (unpaired) electrons. The summed E-state index contributed by atoms with van der Waals surface area (Å²) in [7, 11) is 1.72. The summed E-state index contributed by atoms with van der Waals surface area (Å²) in [5, 5.41) is 6.67. The van der Waals surface area contributed by atoms with E-state index in [0.717, 1.165) is 51.0 Å².